The Morgan fingerprint density at radius 2 is 1.62 bits per heavy atom. The molecule has 0 atom stereocenters. The van der Waals surface area contributed by atoms with Gasteiger partial charge in [0.05, 0.1) is 11.5 Å². The molecule has 0 aliphatic rings. The Morgan fingerprint density at radius 1 is 1.06 bits per heavy atom. The molecule has 1 aromatic carbocycles. The van der Waals surface area contributed by atoms with Crippen molar-refractivity contribution >= 4 is 0 Å². The molecule has 0 heterocycles. The first kappa shape index (κ1) is 12.8. The maximum atomic E-state index is 9.16. The first-order valence-corrected chi connectivity index (χ1v) is 5.71. The standard InChI is InChI=1S/C15H21N/c1-11-7-8-12(15(5,6)10-16)9-13(11)14(2,3)4/h7-9H,1-6H3. The Bertz CT molecular complexity index is 428. The second-order valence-electron chi connectivity index (χ2n) is 6.02. The second kappa shape index (κ2) is 3.94. The van der Waals surface area contributed by atoms with E-state index >= 15 is 0 Å². The summed E-state index contributed by atoms with van der Waals surface area (Å²) in [5, 5.41) is 9.16. The number of rotatable bonds is 1. The van der Waals surface area contributed by atoms with Crippen LogP contribution < -0.4 is 0 Å². The lowest BCUT2D eigenvalue weighted by Gasteiger charge is -2.25. The van der Waals surface area contributed by atoms with Crippen LogP contribution in [0.3, 0.4) is 0 Å². The van der Waals surface area contributed by atoms with Crippen LogP contribution in [0.5, 0.6) is 0 Å². The Morgan fingerprint density at radius 3 is 2.06 bits per heavy atom. The number of aryl methyl sites for hydroxylation is 1. The van der Waals surface area contributed by atoms with Crippen LogP contribution in [0.4, 0.5) is 0 Å². The minimum Gasteiger partial charge on any atom is -0.197 e. The van der Waals surface area contributed by atoms with Gasteiger partial charge in [0.25, 0.3) is 0 Å². The van der Waals surface area contributed by atoms with Crippen LogP contribution in [0.2, 0.25) is 0 Å². The van der Waals surface area contributed by atoms with Gasteiger partial charge >= 0.3 is 0 Å². The van der Waals surface area contributed by atoms with E-state index in [1.54, 1.807) is 0 Å². The molecule has 0 bridgehead atoms. The number of nitrogens with zero attached hydrogens (tertiary/aromatic N) is 1. The highest BCUT2D eigenvalue weighted by Gasteiger charge is 2.23. The molecule has 86 valence electrons. The molecule has 0 aliphatic carbocycles. The normalized spacial score (nSPS) is 12.3. The second-order valence-corrected chi connectivity index (χ2v) is 6.02. The molecule has 0 unspecified atom stereocenters. The van der Waals surface area contributed by atoms with E-state index in [1.807, 2.05) is 13.8 Å². The van der Waals surface area contributed by atoms with Gasteiger partial charge < -0.3 is 0 Å². The monoisotopic (exact) mass is 215 g/mol. The van der Waals surface area contributed by atoms with Crippen LogP contribution in [0.1, 0.15) is 51.3 Å². The Labute approximate surface area is 99.1 Å². The molecule has 1 rings (SSSR count). The van der Waals surface area contributed by atoms with Crippen LogP contribution in [0.15, 0.2) is 18.2 Å². The lowest BCUT2D eigenvalue weighted by Crippen LogP contribution is -2.18. The molecule has 1 aromatic rings. The van der Waals surface area contributed by atoms with Crippen molar-refractivity contribution < 1.29 is 0 Å². The fraction of sp³-hybridized carbons (Fsp3) is 0.533. The molecule has 1 nitrogen and oxygen atoms in total. The van der Waals surface area contributed by atoms with E-state index in [1.165, 1.54) is 11.1 Å². The first-order chi connectivity index (χ1) is 7.18. The summed E-state index contributed by atoms with van der Waals surface area (Å²) in [6.07, 6.45) is 0. The molecular formula is C15H21N. The van der Waals surface area contributed by atoms with E-state index in [4.69, 9.17) is 5.26 Å². The highest BCUT2D eigenvalue weighted by atomic mass is 14.3. The van der Waals surface area contributed by atoms with E-state index in [2.05, 4.69) is 52.0 Å². The Hall–Kier alpha value is -1.29. The zero-order chi connectivity index (χ0) is 12.6. The summed E-state index contributed by atoms with van der Waals surface area (Å²) in [4.78, 5) is 0. The van der Waals surface area contributed by atoms with E-state index in [-0.39, 0.29) is 5.41 Å². The smallest absolute Gasteiger partial charge is 0.0766 e. The zero-order valence-corrected chi connectivity index (χ0v) is 11.2. The van der Waals surface area contributed by atoms with Crippen molar-refractivity contribution in [2.75, 3.05) is 0 Å². The first-order valence-electron chi connectivity index (χ1n) is 5.71. The predicted octanol–water partition coefficient (Wildman–Crippen LogP) is 4.09. The van der Waals surface area contributed by atoms with Crippen molar-refractivity contribution in [1.82, 2.24) is 0 Å². The van der Waals surface area contributed by atoms with Crippen molar-refractivity contribution in [2.45, 2.75) is 52.4 Å². The van der Waals surface area contributed by atoms with E-state index < -0.39 is 5.41 Å². The predicted molar refractivity (Wildman–Crippen MR) is 68.5 cm³/mol. The molecule has 0 aromatic heterocycles. The van der Waals surface area contributed by atoms with Crippen LogP contribution in [0.25, 0.3) is 0 Å². The third kappa shape index (κ3) is 2.44. The van der Waals surface area contributed by atoms with Crippen LogP contribution in [-0.2, 0) is 10.8 Å². The molecule has 0 saturated carbocycles. The minimum atomic E-state index is -0.409. The maximum absolute atomic E-state index is 9.16. The minimum absolute atomic E-state index is 0.131. The molecular weight excluding hydrogens is 194 g/mol. The molecule has 0 amide bonds. The molecule has 0 aliphatic heterocycles. The van der Waals surface area contributed by atoms with Gasteiger partial charge in [0, 0.05) is 0 Å². The van der Waals surface area contributed by atoms with E-state index in [9.17, 15) is 0 Å². The summed E-state index contributed by atoms with van der Waals surface area (Å²) in [6.45, 7) is 12.7. The molecule has 0 saturated heterocycles. The summed E-state index contributed by atoms with van der Waals surface area (Å²) in [5.41, 5.74) is 3.45. The van der Waals surface area contributed by atoms with Crippen molar-refractivity contribution in [3.05, 3.63) is 34.9 Å². The summed E-state index contributed by atoms with van der Waals surface area (Å²) in [7, 11) is 0. The van der Waals surface area contributed by atoms with E-state index in [0.29, 0.717) is 0 Å². The van der Waals surface area contributed by atoms with Crippen molar-refractivity contribution in [3.8, 4) is 6.07 Å². The summed E-state index contributed by atoms with van der Waals surface area (Å²) >= 11 is 0. The fourth-order valence-electron chi connectivity index (χ4n) is 1.88. The fourth-order valence-corrected chi connectivity index (χ4v) is 1.88. The quantitative estimate of drug-likeness (QED) is 0.692. The highest BCUT2D eigenvalue weighted by Crippen LogP contribution is 2.30. The molecule has 16 heavy (non-hydrogen) atoms. The number of benzene rings is 1. The van der Waals surface area contributed by atoms with Crippen LogP contribution >= 0.6 is 0 Å². The third-order valence-corrected chi connectivity index (χ3v) is 3.05. The van der Waals surface area contributed by atoms with Gasteiger partial charge in [0.2, 0.25) is 0 Å². The van der Waals surface area contributed by atoms with Gasteiger partial charge in [-0.05, 0) is 42.9 Å². The average Bonchev–Trinajstić information content (AvgIpc) is 2.16. The Balaban J connectivity index is 3.36. The van der Waals surface area contributed by atoms with Crippen LogP contribution in [0, 0.1) is 18.3 Å². The van der Waals surface area contributed by atoms with Crippen LogP contribution in [-0.4, -0.2) is 0 Å². The number of nitriles is 1. The highest BCUT2D eigenvalue weighted by molar-refractivity contribution is 5.40. The molecule has 0 radical (unpaired) electrons. The third-order valence-electron chi connectivity index (χ3n) is 3.05. The Kier molecular flexibility index (Phi) is 3.15. The summed E-state index contributed by atoms with van der Waals surface area (Å²) < 4.78 is 0. The zero-order valence-electron chi connectivity index (χ0n) is 11.2. The summed E-state index contributed by atoms with van der Waals surface area (Å²) in [6, 6.07) is 8.72. The SMILES string of the molecule is Cc1ccc(C(C)(C)C#N)cc1C(C)(C)C. The van der Waals surface area contributed by atoms with Crippen molar-refractivity contribution in [1.29, 1.82) is 5.26 Å². The van der Waals surface area contributed by atoms with Gasteiger partial charge in [-0.2, -0.15) is 5.26 Å². The molecule has 0 fully saturated rings. The topological polar surface area (TPSA) is 23.8 Å². The maximum Gasteiger partial charge on any atom is 0.0766 e. The largest absolute Gasteiger partial charge is 0.197 e. The molecule has 0 spiro atoms. The van der Waals surface area contributed by atoms with Crippen molar-refractivity contribution in [3.63, 3.8) is 0 Å². The van der Waals surface area contributed by atoms with Gasteiger partial charge in [-0.3, -0.25) is 0 Å². The van der Waals surface area contributed by atoms with E-state index in [0.717, 1.165) is 5.56 Å². The van der Waals surface area contributed by atoms with Gasteiger partial charge in [0.1, 0.15) is 0 Å². The molecule has 0 N–H and O–H groups in total. The number of hydrogen-bond acceptors (Lipinski definition) is 1. The lowest BCUT2D eigenvalue weighted by molar-refractivity contribution is 0.581. The summed E-state index contributed by atoms with van der Waals surface area (Å²) in [5.74, 6) is 0. The van der Waals surface area contributed by atoms with Crippen molar-refractivity contribution in [2.24, 2.45) is 0 Å². The van der Waals surface area contributed by atoms with Gasteiger partial charge in [-0.1, -0.05) is 39.0 Å². The lowest BCUT2D eigenvalue weighted by atomic mass is 9.78. The van der Waals surface area contributed by atoms with Gasteiger partial charge in [0.15, 0.2) is 0 Å². The molecule has 1 heteroatoms. The van der Waals surface area contributed by atoms with Gasteiger partial charge in [-0.25, -0.2) is 0 Å². The number of hydrogen-bond donors (Lipinski definition) is 0. The average molecular weight is 215 g/mol. The van der Waals surface area contributed by atoms with Gasteiger partial charge in [-0.15, -0.1) is 0 Å².